The summed E-state index contributed by atoms with van der Waals surface area (Å²) in [6.45, 7) is 2.83. The van der Waals surface area contributed by atoms with E-state index in [1.54, 1.807) is 6.92 Å². The van der Waals surface area contributed by atoms with Gasteiger partial charge in [-0.3, -0.25) is 0 Å². The molecule has 0 aromatic rings. The SMILES string of the molecule is CCOC(=O)/C(N)=C1/CCOC(C2CC2)C1. The van der Waals surface area contributed by atoms with E-state index in [9.17, 15) is 4.79 Å². The van der Waals surface area contributed by atoms with Crippen LogP contribution in [0.3, 0.4) is 0 Å². The van der Waals surface area contributed by atoms with Gasteiger partial charge in [-0.2, -0.15) is 0 Å². The second-order valence-corrected chi connectivity index (χ2v) is 4.44. The Balaban J connectivity index is 2.00. The van der Waals surface area contributed by atoms with Crippen LogP contribution in [0, 0.1) is 5.92 Å². The molecule has 0 aromatic heterocycles. The van der Waals surface area contributed by atoms with Crippen molar-refractivity contribution in [3.8, 4) is 0 Å². The molecule has 0 bridgehead atoms. The van der Waals surface area contributed by atoms with E-state index in [1.165, 1.54) is 12.8 Å². The Morgan fingerprint density at radius 1 is 1.56 bits per heavy atom. The molecule has 0 amide bonds. The third-order valence-electron chi connectivity index (χ3n) is 3.21. The number of carbonyl (C=O) groups is 1. The second-order valence-electron chi connectivity index (χ2n) is 4.44. The van der Waals surface area contributed by atoms with Crippen LogP contribution in [0.4, 0.5) is 0 Å². The van der Waals surface area contributed by atoms with Crippen LogP contribution < -0.4 is 5.73 Å². The van der Waals surface area contributed by atoms with Gasteiger partial charge in [0.15, 0.2) is 0 Å². The van der Waals surface area contributed by atoms with Crippen LogP contribution in [0.2, 0.25) is 0 Å². The maximum Gasteiger partial charge on any atom is 0.354 e. The van der Waals surface area contributed by atoms with E-state index in [-0.39, 0.29) is 12.1 Å². The van der Waals surface area contributed by atoms with Gasteiger partial charge in [-0.15, -0.1) is 0 Å². The highest BCUT2D eigenvalue weighted by Gasteiger charge is 2.35. The van der Waals surface area contributed by atoms with Crippen molar-refractivity contribution in [1.29, 1.82) is 0 Å². The first-order chi connectivity index (χ1) is 7.72. The average molecular weight is 225 g/mol. The fourth-order valence-electron chi connectivity index (χ4n) is 2.11. The lowest BCUT2D eigenvalue weighted by Crippen LogP contribution is -2.27. The molecule has 1 heterocycles. The zero-order chi connectivity index (χ0) is 11.5. The van der Waals surface area contributed by atoms with Crippen LogP contribution in [0.25, 0.3) is 0 Å². The van der Waals surface area contributed by atoms with Gasteiger partial charge in [0, 0.05) is 0 Å². The predicted molar refractivity (Wildman–Crippen MR) is 59.5 cm³/mol. The lowest BCUT2D eigenvalue weighted by atomic mass is 9.97. The van der Waals surface area contributed by atoms with Crippen molar-refractivity contribution in [2.75, 3.05) is 13.2 Å². The monoisotopic (exact) mass is 225 g/mol. The number of nitrogens with two attached hydrogens (primary N) is 1. The Morgan fingerprint density at radius 2 is 2.31 bits per heavy atom. The molecule has 1 aliphatic heterocycles. The van der Waals surface area contributed by atoms with E-state index in [2.05, 4.69) is 0 Å². The van der Waals surface area contributed by atoms with Gasteiger partial charge in [-0.25, -0.2) is 4.79 Å². The van der Waals surface area contributed by atoms with Crippen molar-refractivity contribution in [2.45, 2.75) is 38.7 Å². The average Bonchev–Trinajstić information content (AvgIpc) is 3.12. The molecular formula is C12H19NO3. The number of hydrogen-bond acceptors (Lipinski definition) is 4. The summed E-state index contributed by atoms with van der Waals surface area (Å²) < 4.78 is 10.6. The van der Waals surface area contributed by atoms with Crippen molar-refractivity contribution in [3.05, 3.63) is 11.3 Å². The van der Waals surface area contributed by atoms with Crippen molar-refractivity contribution >= 4 is 5.97 Å². The summed E-state index contributed by atoms with van der Waals surface area (Å²) in [5.41, 5.74) is 7.13. The van der Waals surface area contributed by atoms with Gasteiger partial charge in [-0.1, -0.05) is 0 Å². The van der Waals surface area contributed by atoms with E-state index in [0.29, 0.717) is 24.8 Å². The van der Waals surface area contributed by atoms with Gasteiger partial charge in [0.1, 0.15) is 5.70 Å². The smallest absolute Gasteiger partial charge is 0.354 e. The number of esters is 1. The van der Waals surface area contributed by atoms with Gasteiger partial charge in [0.2, 0.25) is 0 Å². The molecule has 2 rings (SSSR count). The van der Waals surface area contributed by atoms with E-state index in [0.717, 1.165) is 18.4 Å². The quantitative estimate of drug-likeness (QED) is 0.582. The minimum absolute atomic E-state index is 0.275. The van der Waals surface area contributed by atoms with Crippen LogP contribution in [-0.2, 0) is 14.3 Å². The highest BCUT2D eigenvalue weighted by atomic mass is 16.5. The van der Waals surface area contributed by atoms with Gasteiger partial charge in [0.05, 0.1) is 19.3 Å². The Morgan fingerprint density at radius 3 is 2.94 bits per heavy atom. The molecule has 1 saturated heterocycles. The molecule has 2 aliphatic rings. The van der Waals surface area contributed by atoms with Crippen LogP contribution in [0.1, 0.15) is 32.6 Å². The molecule has 2 fully saturated rings. The molecule has 0 spiro atoms. The topological polar surface area (TPSA) is 61.5 Å². The lowest BCUT2D eigenvalue weighted by Gasteiger charge is -2.25. The van der Waals surface area contributed by atoms with E-state index >= 15 is 0 Å². The zero-order valence-corrected chi connectivity index (χ0v) is 9.70. The van der Waals surface area contributed by atoms with Crippen LogP contribution >= 0.6 is 0 Å². The number of rotatable bonds is 3. The standard InChI is InChI=1S/C12H19NO3/c1-2-15-12(14)11(13)9-5-6-16-10(7-9)8-3-4-8/h8,10H,2-7,13H2,1H3/b11-9+. The molecule has 90 valence electrons. The Labute approximate surface area is 95.8 Å². The summed E-state index contributed by atoms with van der Waals surface area (Å²) in [6, 6.07) is 0. The van der Waals surface area contributed by atoms with Gasteiger partial charge in [0.25, 0.3) is 0 Å². The normalized spacial score (nSPS) is 28.7. The summed E-state index contributed by atoms with van der Waals surface area (Å²) in [7, 11) is 0. The summed E-state index contributed by atoms with van der Waals surface area (Å²) in [5, 5.41) is 0. The Bertz CT molecular complexity index is 307. The van der Waals surface area contributed by atoms with Crippen molar-refractivity contribution in [1.82, 2.24) is 0 Å². The first kappa shape index (κ1) is 11.5. The molecule has 16 heavy (non-hydrogen) atoms. The molecule has 0 aromatic carbocycles. The molecule has 4 heteroatoms. The third-order valence-corrected chi connectivity index (χ3v) is 3.21. The predicted octanol–water partition coefficient (Wildman–Crippen LogP) is 1.35. The fraction of sp³-hybridized carbons (Fsp3) is 0.750. The molecule has 1 unspecified atom stereocenters. The minimum atomic E-state index is -0.381. The van der Waals surface area contributed by atoms with Gasteiger partial charge < -0.3 is 15.2 Å². The summed E-state index contributed by atoms with van der Waals surface area (Å²) in [4.78, 5) is 11.5. The minimum Gasteiger partial charge on any atom is -0.461 e. The highest BCUT2D eigenvalue weighted by Crippen LogP contribution is 2.39. The molecule has 1 atom stereocenters. The van der Waals surface area contributed by atoms with E-state index < -0.39 is 0 Å². The number of ether oxygens (including phenoxy) is 2. The van der Waals surface area contributed by atoms with Crippen molar-refractivity contribution in [3.63, 3.8) is 0 Å². The van der Waals surface area contributed by atoms with Crippen LogP contribution in [0.15, 0.2) is 11.3 Å². The summed E-state index contributed by atoms with van der Waals surface area (Å²) in [6.07, 6.45) is 4.33. The lowest BCUT2D eigenvalue weighted by molar-refractivity contribution is -0.138. The first-order valence-corrected chi connectivity index (χ1v) is 5.98. The summed E-state index contributed by atoms with van der Waals surface area (Å²) >= 11 is 0. The van der Waals surface area contributed by atoms with E-state index in [1.807, 2.05) is 0 Å². The zero-order valence-electron chi connectivity index (χ0n) is 9.70. The van der Waals surface area contributed by atoms with Crippen molar-refractivity contribution < 1.29 is 14.3 Å². The molecule has 1 aliphatic carbocycles. The third kappa shape index (κ3) is 2.55. The largest absolute Gasteiger partial charge is 0.461 e. The number of carbonyl (C=O) groups excluding carboxylic acids is 1. The maximum absolute atomic E-state index is 11.5. The maximum atomic E-state index is 11.5. The molecule has 1 saturated carbocycles. The van der Waals surface area contributed by atoms with Gasteiger partial charge in [-0.05, 0) is 44.1 Å². The van der Waals surface area contributed by atoms with Crippen LogP contribution in [-0.4, -0.2) is 25.3 Å². The fourth-order valence-corrected chi connectivity index (χ4v) is 2.11. The first-order valence-electron chi connectivity index (χ1n) is 5.98. The molecular weight excluding hydrogens is 206 g/mol. The van der Waals surface area contributed by atoms with Crippen molar-refractivity contribution in [2.24, 2.45) is 11.7 Å². The van der Waals surface area contributed by atoms with Crippen LogP contribution in [0.5, 0.6) is 0 Å². The molecule has 4 nitrogen and oxygen atoms in total. The molecule has 0 radical (unpaired) electrons. The van der Waals surface area contributed by atoms with E-state index in [4.69, 9.17) is 15.2 Å². The molecule has 2 N–H and O–H groups in total. The highest BCUT2D eigenvalue weighted by molar-refractivity contribution is 5.88. The number of hydrogen-bond donors (Lipinski definition) is 1. The second kappa shape index (κ2) is 4.87. The Kier molecular flexibility index (Phi) is 3.49. The summed E-state index contributed by atoms with van der Waals surface area (Å²) in [5.74, 6) is 0.305. The Hall–Kier alpha value is -1.03. The van der Waals surface area contributed by atoms with Gasteiger partial charge >= 0.3 is 5.97 Å².